The molecule has 0 atom stereocenters. The molecule has 2 aromatic carbocycles. The lowest BCUT2D eigenvalue weighted by Crippen LogP contribution is -2.25. The van der Waals surface area contributed by atoms with E-state index in [1.807, 2.05) is 0 Å². The molecule has 0 saturated heterocycles. The molecular formula is C27H28F3N5O4. The minimum Gasteiger partial charge on any atom is -0.497 e. The van der Waals surface area contributed by atoms with Gasteiger partial charge < -0.3 is 25.1 Å². The molecule has 0 saturated carbocycles. The predicted octanol–water partition coefficient (Wildman–Crippen LogP) is 4.66. The summed E-state index contributed by atoms with van der Waals surface area (Å²) in [6.45, 7) is 2.08. The summed E-state index contributed by atoms with van der Waals surface area (Å²) in [7, 11) is 4.48. The Balaban J connectivity index is 1.90. The second-order valence-corrected chi connectivity index (χ2v) is 8.84. The molecule has 0 spiro atoms. The van der Waals surface area contributed by atoms with E-state index in [9.17, 15) is 22.8 Å². The van der Waals surface area contributed by atoms with Crippen molar-refractivity contribution < 1.29 is 27.4 Å². The molecule has 0 aliphatic rings. The standard InChI is InChI=1S/C27H28F3N5O4/c1-15-10-20-24(16-11-18(38-3)14-19(12-16)39-4)34-35(26(37)25(20)33-15)22-13-17(7-8-21(22)27(28,29)30)32-9-5-6-23(36)31-2/h7-8,10-14,32-33H,5-6,9H2,1-4H3,(H,31,36). The van der Waals surface area contributed by atoms with E-state index >= 15 is 0 Å². The lowest BCUT2D eigenvalue weighted by molar-refractivity contribution is -0.137. The Bertz CT molecular complexity index is 1550. The van der Waals surface area contributed by atoms with Crippen molar-refractivity contribution >= 4 is 22.5 Å². The zero-order valence-corrected chi connectivity index (χ0v) is 21.8. The molecule has 12 heteroatoms. The van der Waals surface area contributed by atoms with Crippen molar-refractivity contribution in [3.63, 3.8) is 0 Å². The summed E-state index contributed by atoms with van der Waals surface area (Å²) in [5.41, 5.74) is -0.352. The van der Waals surface area contributed by atoms with E-state index in [0.29, 0.717) is 46.8 Å². The predicted molar refractivity (Wildman–Crippen MR) is 142 cm³/mol. The Morgan fingerprint density at radius 1 is 1.08 bits per heavy atom. The molecule has 3 N–H and O–H groups in total. The fourth-order valence-electron chi connectivity index (χ4n) is 4.23. The zero-order chi connectivity index (χ0) is 28.3. The smallest absolute Gasteiger partial charge is 0.418 e. The van der Waals surface area contributed by atoms with Gasteiger partial charge in [0.2, 0.25) is 5.91 Å². The number of aromatic nitrogens is 3. The molecule has 0 aliphatic carbocycles. The van der Waals surface area contributed by atoms with Gasteiger partial charge in [0.25, 0.3) is 5.56 Å². The number of anilines is 1. The van der Waals surface area contributed by atoms with E-state index in [-0.39, 0.29) is 23.5 Å². The van der Waals surface area contributed by atoms with Crippen LogP contribution < -0.4 is 25.7 Å². The van der Waals surface area contributed by atoms with Crippen LogP contribution in [-0.4, -0.2) is 48.5 Å². The summed E-state index contributed by atoms with van der Waals surface area (Å²) in [4.78, 5) is 27.9. The van der Waals surface area contributed by atoms with Crippen LogP contribution in [0.4, 0.5) is 18.9 Å². The lowest BCUT2D eigenvalue weighted by atomic mass is 10.1. The van der Waals surface area contributed by atoms with Crippen LogP contribution in [0, 0.1) is 6.92 Å². The number of benzene rings is 2. The van der Waals surface area contributed by atoms with Crippen LogP contribution in [0.25, 0.3) is 27.8 Å². The molecule has 9 nitrogen and oxygen atoms in total. The summed E-state index contributed by atoms with van der Waals surface area (Å²) in [6, 6.07) is 10.1. The molecule has 39 heavy (non-hydrogen) atoms. The van der Waals surface area contributed by atoms with Gasteiger partial charge in [-0.15, -0.1) is 0 Å². The molecule has 4 rings (SSSR count). The molecule has 1 amide bonds. The van der Waals surface area contributed by atoms with Crippen molar-refractivity contribution in [1.29, 1.82) is 0 Å². The number of H-pyrrole nitrogens is 1. The summed E-state index contributed by atoms with van der Waals surface area (Å²) < 4.78 is 53.8. The minimum atomic E-state index is -4.76. The minimum absolute atomic E-state index is 0.108. The summed E-state index contributed by atoms with van der Waals surface area (Å²) >= 11 is 0. The number of hydrogen-bond donors (Lipinski definition) is 3. The first kappa shape index (κ1) is 27.6. The fraction of sp³-hybridized carbons (Fsp3) is 0.296. The number of amides is 1. The highest BCUT2D eigenvalue weighted by atomic mass is 19.4. The number of methoxy groups -OCH3 is 2. The number of nitrogens with zero attached hydrogens (tertiary/aromatic N) is 2. The third-order valence-corrected chi connectivity index (χ3v) is 6.16. The number of rotatable bonds is 9. The topological polar surface area (TPSA) is 110 Å². The van der Waals surface area contributed by atoms with Gasteiger partial charge in [-0.25, -0.2) is 0 Å². The molecule has 2 aromatic heterocycles. The van der Waals surface area contributed by atoms with E-state index in [0.717, 1.165) is 10.7 Å². The zero-order valence-electron chi connectivity index (χ0n) is 21.8. The molecular weight excluding hydrogens is 515 g/mol. The number of aromatic amines is 1. The molecule has 0 fully saturated rings. The number of nitrogens with one attached hydrogen (secondary N) is 3. The Labute approximate surface area is 221 Å². The molecule has 0 radical (unpaired) electrons. The van der Waals surface area contributed by atoms with Crippen molar-refractivity contribution in [1.82, 2.24) is 20.1 Å². The average molecular weight is 544 g/mol. The number of ether oxygens (including phenoxy) is 2. The molecule has 206 valence electrons. The number of hydrogen-bond acceptors (Lipinski definition) is 6. The highest BCUT2D eigenvalue weighted by Gasteiger charge is 2.35. The second-order valence-electron chi connectivity index (χ2n) is 8.84. The van der Waals surface area contributed by atoms with E-state index in [4.69, 9.17) is 9.47 Å². The number of halogens is 3. The monoisotopic (exact) mass is 543 g/mol. The van der Waals surface area contributed by atoms with E-state index in [1.54, 1.807) is 31.2 Å². The van der Waals surface area contributed by atoms with Gasteiger partial charge in [0.05, 0.1) is 25.5 Å². The Kier molecular flexibility index (Phi) is 7.84. The first-order chi connectivity index (χ1) is 18.5. The van der Waals surface area contributed by atoms with Crippen LogP contribution in [0.3, 0.4) is 0 Å². The SMILES string of the molecule is CNC(=O)CCCNc1ccc(C(F)(F)F)c(-n2nc(-c3cc(OC)cc(OC)c3)c3cc(C)[nH]c3c2=O)c1. The van der Waals surface area contributed by atoms with Crippen LogP contribution >= 0.6 is 0 Å². The van der Waals surface area contributed by atoms with Gasteiger partial charge in [-0.05, 0) is 49.7 Å². The van der Waals surface area contributed by atoms with Crippen LogP contribution in [-0.2, 0) is 11.0 Å². The average Bonchev–Trinajstić information content (AvgIpc) is 3.32. The van der Waals surface area contributed by atoms with Gasteiger partial charge in [-0.2, -0.15) is 23.0 Å². The molecule has 2 heterocycles. The van der Waals surface area contributed by atoms with E-state index < -0.39 is 23.0 Å². The number of alkyl halides is 3. The first-order valence-electron chi connectivity index (χ1n) is 12.1. The quantitative estimate of drug-likeness (QED) is 0.265. The summed E-state index contributed by atoms with van der Waals surface area (Å²) in [5, 5.41) is 10.4. The molecule has 0 unspecified atom stereocenters. The van der Waals surface area contributed by atoms with Crippen molar-refractivity contribution in [3.8, 4) is 28.4 Å². The third-order valence-electron chi connectivity index (χ3n) is 6.16. The normalized spacial score (nSPS) is 11.5. The van der Waals surface area contributed by atoms with Crippen LogP contribution in [0.2, 0.25) is 0 Å². The maximum Gasteiger partial charge on any atom is 0.418 e. The Hall–Kier alpha value is -4.48. The summed E-state index contributed by atoms with van der Waals surface area (Å²) in [6.07, 6.45) is -4.04. The van der Waals surface area contributed by atoms with Crippen LogP contribution in [0.15, 0.2) is 47.3 Å². The number of aryl methyl sites for hydroxylation is 1. The first-order valence-corrected chi connectivity index (χ1v) is 12.1. The second kappa shape index (κ2) is 11.1. The third kappa shape index (κ3) is 5.84. The highest BCUT2D eigenvalue weighted by molar-refractivity contribution is 5.93. The fourth-order valence-corrected chi connectivity index (χ4v) is 4.23. The van der Waals surface area contributed by atoms with Crippen molar-refractivity contribution in [2.45, 2.75) is 25.9 Å². The van der Waals surface area contributed by atoms with Gasteiger partial charge in [-0.1, -0.05) is 0 Å². The van der Waals surface area contributed by atoms with E-state index in [1.165, 1.54) is 33.4 Å². The Morgan fingerprint density at radius 2 is 1.77 bits per heavy atom. The van der Waals surface area contributed by atoms with E-state index in [2.05, 4.69) is 20.7 Å². The summed E-state index contributed by atoms with van der Waals surface area (Å²) in [5.74, 6) is 0.753. The van der Waals surface area contributed by atoms with Gasteiger partial charge in [0.1, 0.15) is 22.7 Å². The van der Waals surface area contributed by atoms with Gasteiger partial charge in [0, 0.05) is 48.4 Å². The van der Waals surface area contributed by atoms with Crippen LogP contribution in [0.5, 0.6) is 11.5 Å². The van der Waals surface area contributed by atoms with Gasteiger partial charge >= 0.3 is 6.18 Å². The largest absolute Gasteiger partial charge is 0.497 e. The Morgan fingerprint density at radius 3 is 2.38 bits per heavy atom. The van der Waals surface area contributed by atoms with Crippen molar-refractivity contribution in [3.05, 3.63) is 64.1 Å². The highest BCUT2D eigenvalue weighted by Crippen LogP contribution is 2.36. The maximum atomic E-state index is 14.1. The van der Waals surface area contributed by atoms with Gasteiger partial charge in [0.15, 0.2) is 0 Å². The number of carbonyl (C=O) groups excluding carboxylic acids is 1. The number of carbonyl (C=O) groups is 1. The van der Waals surface area contributed by atoms with Crippen molar-refractivity contribution in [2.24, 2.45) is 0 Å². The molecule has 0 bridgehead atoms. The van der Waals surface area contributed by atoms with Crippen molar-refractivity contribution in [2.75, 3.05) is 33.1 Å². The van der Waals surface area contributed by atoms with Gasteiger partial charge in [-0.3, -0.25) is 9.59 Å². The molecule has 4 aromatic rings. The number of fused-ring (bicyclic) bond motifs is 1. The maximum absolute atomic E-state index is 14.1. The lowest BCUT2D eigenvalue weighted by Gasteiger charge is -2.17. The molecule has 0 aliphatic heterocycles. The van der Waals surface area contributed by atoms with Crippen LogP contribution in [0.1, 0.15) is 24.1 Å².